The molecular weight excluding hydrogens is 273 g/mol. The first-order valence-electron chi connectivity index (χ1n) is 6.86. The number of amides is 1. The lowest BCUT2D eigenvalue weighted by molar-refractivity contribution is -0.148. The maximum absolute atomic E-state index is 13.4. The fourth-order valence-electron chi connectivity index (χ4n) is 2.48. The van der Waals surface area contributed by atoms with E-state index in [1.807, 2.05) is 0 Å². The van der Waals surface area contributed by atoms with E-state index in [0.29, 0.717) is 12.8 Å². The van der Waals surface area contributed by atoms with Crippen molar-refractivity contribution < 1.29 is 19.1 Å². The molecule has 1 amide bonds. The van der Waals surface area contributed by atoms with Crippen LogP contribution in [0.5, 0.6) is 0 Å². The lowest BCUT2D eigenvalue weighted by Crippen LogP contribution is -2.55. The molecule has 0 atom stereocenters. The second kappa shape index (κ2) is 6.40. The van der Waals surface area contributed by atoms with Crippen LogP contribution in [0.1, 0.15) is 37.7 Å². The third-order valence-electron chi connectivity index (χ3n) is 3.65. The smallest absolute Gasteiger partial charge is 0.329 e. The normalized spacial score (nSPS) is 16.4. The summed E-state index contributed by atoms with van der Waals surface area (Å²) in [4.78, 5) is 23.3. The number of hydrogen-bond donors (Lipinski definition) is 2. The van der Waals surface area contributed by atoms with E-state index >= 15 is 0 Å². The van der Waals surface area contributed by atoms with E-state index < -0.39 is 23.2 Å². The largest absolute Gasteiger partial charge is 0.480 e. The summed E-state index contributed by atoms with van der Waals surface area (Å²) in [6.45, 7) is 0. The molecule has 1 aliphatic carbocycles. The van der Waals surface area contributed by atoms with Gasteiger partial charge in [0.25, 0.3) is 5.91 Å². The first-order chi connectivity index (χ1) is 10.0. The Labute approximate surface area is 122 Å². The lowest BCUT2D eigenvalue weighted by atomic mass is 9.81. The van der Waals surface area contributed by atoms with Gasteiger partial charge in [-0.2, -0.15) is 0 Å². The molecule has 1 fully saturated rings. The predicted octanol–water partition coefficient (Wildman–Crippen LogP) is 2.08. The van der Waals surface area contributed by atoms with E-state index in [1.165, 1.54) is 18.2 Å². The molecule has 21 heavy (non-hydrogen) atoms. The van der Waals surface area contributed by atoms with Crippen LogP contribution in [-0.4, -0.2) is 22.5 Å². The maximum atomic E-state index is 13.4. The standard InChI is InChI=1S/C16H16FNO3/c17-13-7-3-2-6-12(13)8-9-14(19)18-16(15(20)21)10-4-1-5-11-16/h2-3,6-7H,1,4-5,10-11H2,(H,18,19)(H,20,21). The van der Waals surface area contributed by atoms with Gasteiger partial charge in [0.15, 0.2) is 0 Å². The molecule has 1 aliphatic rings. The Morgan fingerprint density at radius 2 is 1.86 bits per heavy atom. The van der Waals surface area contributed by atoms with Crippen LogP contribution in [0.25, 0.3) is 0 Å². The van der Waals surface area contributed by atoms with Gasteiger partial charge in [-0.3, -0.25) is 4.79 Å². The monoisotopic (exact) mass is 289 g/mol. The zero-order chi connectivity index (χ0) is 15.3. The molecule has 0 heterocycles. The fraction of sp³-hybridized carbons (Fsp3) is 0.375. The van der Waals surface area contributed by atoms with Crippen molar-refractivity contribution in [2.24, 2.45) is 0 Å². The zero-order valence-electron chi connectivity index (χ0n) is 11.5. The van der Waals surface area contributed by atoms with Crippen LogP contribution in [-0.2, 0) is 9.59 Å². The second-order valence-corrected chi connectivity index (χ2v) is 5.13. The molecule has 4 nitrogen and oxygen atoms in total. The molecule has 0 aliphatic heterocycles. The molecule has 1 saturated carbocycles. The van der Waals surface area contributed by atoms with Crippen LogP contribution in [0.4, 0.5) is 4.39 Å². The van der Waals surface area contributed by atoms with Gasteiger partial charge in [0.1, 0.15) is 11.4 Å². The van der Waals surface area contributed by atoms with Crippen molar-refractivity contribution in [3.8, 4) is 11.8 Å². The van der Waals surface area contributed by atoms with Gasteiger partial charge in [-0.05, 0) is 25.0 Å². The Morgan fingerprint density at radius 1 is 1.19 bits per heavy atom. The van der Waals surface area contributed by atoms with Crippen LogP contribution >= 0.6 is 0 Å². The van der Waals surface area contributed by atoms with Gasteiger partial charge < -0.3 is 10.4 Å². The Balaban J connectivity index is 2.11. The molecule has 0 bridgehead atoms. The van der Waals surface area contributed by atoms with Crippen molar-refractivity contribution >= 4 is 11.9 Å². The van der Waals surface area contributed by atoms with Gasteiger partial charge in [-0.1, -0.05) is 37.3 Å². The van der Waals surface area contributed by atoms with Crippen molar-refractivity contribution in [1.82, 2.24) is 5.32 Å². The summed E-state index contributed by atoms with van der Waals surface area (Å²) in [6.07, 6.45) is 3.28. The molecule has 2 rings (SSSR count). The summed E-state index contributed by atoms with van der Waals surface area (Å²) in [6, 6.07) is 5.86. The van der Waals surface area contributed by atoms with Crippen molar-refractivity contribution in [3.63, 3.8) is 0 Å². The van der Waals surface area contributed by atoms with Crippen LogP contribution < -0.4 is 5.32 Å². The van der Waals surface area contributed by atoms with Crippen LogP contribution in [0.15, 0.2) is 24.3 Å². The van der Waals surface area contributed by atoms with Crippen molar-refractivity contribution in [3.05, 3.63) is 35.6 Å². The number of carboxylic acid groups (broad SMARTS) is 1. The van der Waals surface area contributed by atoms with Crippen molar-refractivity contribution in [1.29, 1.82) is 0 Å². The zero-order valence-corrected chi connectivity index (χ0v) is 11.5. The van der Waals surface area contributed by atoms with Crippen molar-refractivity contribution in [2.75, 3.05) is 0 Å². The molecule has 0 spiro atoms. The van der Waals surface area contributed by atoms with Gasteiger partial charge in [0, 0.05) is 5.92 Å². The average Bonchev–Trinajstić information content (AvgIpc) is 2.47. The van der Waals surface area contributed by atoms with Crippen LogP contribution in [0.3, 0.4) is 0 Å². The molecule has 0 radical (unpaired) electrons. The summed E-state index contributed by atoms with van der Waals surface area (Å²) in [7, 11) is 0. The summed E-state index contributed by atoms with van der Waals surface area (Å²) in [5.41, 5.74) is -1.13. The molecule has 110 valence electrons. The average molecular weight is 289 g/mol. The molecule has 0 saturated heterocycles. The van der Waals surface area contributed by atoms with E-state index in [2.05, 4.69) is 17.2 Å². The van der Waals surface area contributed by atoms with E-state index in [-0.39, 0.29) is 5.56 Å². The quantitative estimate of drug-likeness (QED) is 0.819. The molecule has 0 aromatic heterocycles. The Kier molecular flexibility index (Phi) is 4.59. The highest BCUT2D eigenvalue weighted by atomic mass is 19.1. The van der Waals surface area contributed by atoms with Gasteiger partial charge >= 0.3 is 5.97 Å². The molecule has 2 N–H and O–H groups in total. The Bertz CT molecular complexity index is 609. The summed E-state index contributed by atoms with van der Waals surface area (Å²) >= 11 is 0. The summed E-state index contributed by atoms with van der Waals surface area (Å²) in [5.74, 6) is 2.45. The number of carbonyl (C=O) groups is 2. The number of carbonyl (C=O) groups excluding carboxylic acids is 1. The minimum Gasteiger partial charge on any atom is -0.480 e. The maximum Gasteiger partial charge on any atom is 0.329 e. The van der Waals surface area contributed by atoms with Crippen LogP contribution in [0, 0.1) is 17.7 Å². The van der Waals surface area contributed by atoms with Gasteiger partial charge in [0.05, 0.1) is 5.56 Å². The highest BCUT2D eigenvalue weighted by Gasteiger charge is 2.40. The molecular formula is C16H16FNO3. The van der Waals surface area contributed by atoms with Crippen molar-refractivity contribution in [2.45, 2.75) is 37.6 Å². The number of hydrogen-bond acceptors (Lipinski definition) is 2. The molecule has 5 heteroatoms. The topological polar surface area (TPSA) is 66.4 Å². The third kappa shape index (κ3) is 3.60. The molecule has 1 aromatic carbocycles. The number of aliphatic carboxylic acids is 1. The highest BCUT2D eigenvalue weighted by molar-refractivity contribution is 5.97. The fourth-order valence-corrected chi connectivity index (χ4v) is 2.48. The van der Waals surface area contributed by atoms with E-state index in [9.17, 15) is 19.1 Å². The van der Waals surface area contributed by atoms with E-state index in [0.717, 1.165) is 19.3 Å². The van der Waals surface area contributed by atoms with Crippen LogP contribution in [0.2, 0.25) is 0 Å². The van der Waals surface area contributed by atoms with Gasteiger partial charge in [0.2, 0.25) is 0 Å². The first kappa shape index (κ1) is 15.0. The predicted molar refractivity (Wildman–Crippen MR) is 74.9 cm³/mol. The lowest BCUT2D eigenvalue weighted by Gasteiger charge is -2.33. The highest BCUT2D eigenvalue weighted by Crippen LogP contribution is 2.28. The number of carboxylic acids is 1. The minimum absolute atomic E-state index is 0.112. The first-order valence-corrected chi connectivity index (χ1v) is 6.86. The Hall–Kier alpha value is -2.35. The number of nitrogens with one attached hydrogen (secondary N) is 1. The SMILES string of the molecule is O=C(C#Cc1ccccc1F)NC1(C(=O)O)CCCCC1. The molecule has 0 unspecified atom stereocenters. The Morgan fingerprint density at radius 3 is 2.48 bits per heavy atom. The summed E-state index contributed by atoms with van der Waals surface area (Å²) < 4.78 is 13.4. The number of benzene rings is 1. The third-order valence-corrected chi connectivity index (χ3v) is 3.65. The van der Waals surface area contributed by atoms with Gasteiger partial charge in [-0.15, -0.1) is 0 Å². The summed E-state index contributed by atoms with van der Waals surface area (Å²) in [5, 5.41) is 11.8. The van der Waals surface area contributed by atoms with E-state index in [1.54, 1.807) is 6.07 Å². The second-order valence-electron chi connectivity index (χ2n) is 5.13. The van der Waals surface area contributed by atoms with E-state index in [4.69, 9.17) is 0 Å². The minimum atomic E-state index is -1.24. The number of rotatable bonds is 2. The number of halogens is 1. The van der Waals surface area contributed by atoms with Gasteiger partial charge in [-0.25, -0.2) is 9.18 Å². The molecule has 1 aromatic rings.